The Kier molecular flexibility index (Phi) is 2.42. The summed E-state index contributed by atoms with van der Waals surface area (Å²) in [6.07, 6.45) is 3.32. The van der Waals surface area contributed by atoms with Crippen LogP contribution in [0.1, 0.15) is 43.8 Å². The Balaban J connectivity index is 1.54. The van der Waals surface area contributed by atoms with Crippen LogP contribution in [-0.4, -0.2) is 44.3 Å². The molecule has 0 amide bonds. The SMILES string of the molecule is C[C@H]1C[C@@H](N2CCn3c(nnc3C3CC3)C2)C(=O)O1. The van der Waals surface area contributed by atoms with Crippen molar-refractivity contribution < 1.29 is 9.53 Å². The topological polar surface area (TPSA) is 60.2 Å². The fourth-order valence-corrected chi connectivity index (χ4v) is 3.14. The van der Waals surface area contributed by atoms with Crippen LogP contribution in [0.4, 0.5) is 0 Å². The Bertz CT molecular complexity index is 523. The molecule has 0 unspecified atom stereocenters. The van der Waals surface area contributed by atoms with Crippen LogP contribution in [0.25, 0.3) is 0 Å². The van der Waals surface area contributed by atoms with E-state index < -0.39 is 0 Å². The Morgan fingerprint density at radius 1 is 1.26 bits per heavy atom. The van der Waals surface area contributed by atoms with E-state index in [-0.39, 0.29) is 18.1 Å². The Morgan fingerprint density at radius 2 is 2.11 bits per heavy atom. The van der Waals surface area contributed by atoms with Gasteiger partial charge in [-0.15, -0.1) is 10.2 Å². The monoisotopic (exact) mass is 262 g/mol. The number of esters is 1. The molecule has 0 bridgehead atoms. The molecule has 102 valence electrons. The van der Waals surface area contributed by atoms with Gasteiger partial charge in [0.15, 0.2) is 0 Å². The molecule has 1 aromatic heterocycles. The highest BCUT2D eigenvalue weighted by atomic mass is 16.6. The molecule has 0 spiro atoms. The first-order valence-electron chi connectivity index (χ1n) is 7.09. The van der Waals surface area contributed by atoms with Crippen molar-refractivity contribution in [1.82, 2.24) is 19.7 Å². The van der Waals surface area contributed by atoms with Gasteiger partial charge in [0.1, 0.15) is 23.8 Å². The van der Waals surface area contributed by atoms with Crippen molar-refractivity contribution in [3.63, 3.8) is 0 Å². The van der Waals surface area contributed by atoms with Crippen molar-refractivity contribution in [3.05, 3.63) is 11.6 Å². The second-order valence-electron chi connectivity index (χ2n) is 5.87. The average Bonchev–Trinajstić information content (AvgIpc) is 3.06. The number of cyclic esters (lactones) is 1. The van der Waals surface area contributed by atoms with Crippen LogP contribution >= 0.6 is 0 Å². The zero-order valence-electron chi connectivity index (χ0n) is 11.1. The molecule has 19 heavy (non-hydrogen) atoms. The minimum atomic E-state index is -0.0928. The largest absolute Gasteiger partial charge is 0.461 e. The highest BCUT2D eigenvalue weighted by Gasteiger charge is 2.39. The first-order chi connectivity index (χ1) is 9.22. The predicted molar refractivity (Wildman–Crippen MR) is 66.4 cm³/mol. The van der Waals surface area contributed by atoms with Crippen LogP contribution in [0, 0.1) is 0 Å². The van der Waals surface area contributed by atoms with Crippen molar-refractivity contribution in [1.29, 1.82) is 0 Å². The minimum absolute atomic E-state index is 0.0410. The molecule has 0 aromatic carbocycles. The first-order valence-corrected chi connectivity index (χ1v) is 7.09. The summed E-state index contributed by atoms with van der Waals surface area (Å²) in [5.41, 5.74) is 0. The number of carbonyl (C=O) groups excluding carboxylic acids is 1. The Labute approximate surface area is 111 Å². The number of rotatable bonds is 2. The molecule has 2 atom stereocenters. The fourth-order valence-electron chi connectivity index (χ4n) is 3.14. The molecular formula is C13H18N4O2. The lowest BCUT2D eigenvalue weighted by molar-refractivity contribution is -0.145. The molecule has 2 aliphatic heterocycles. The quantitative estimate of drug-likeness (QED) is 0.733. The summed E-state index contributed by atoms with van der Waals surface area (Å²) in [4.78, 5) is 14.0. The van der Waals surface area contributed by atoms with E-state index in [0.29, 0.717) is 12.5 Å². The number of hydrogen-bond acceptors (Lipinski definition) is 5. The van der Waals surface area contributed by atoms with Gasteiger partial charge in [0.25, 0.3) is 0 Å². The van der Waals surface area contributed by atoms with Crippen LogP contribution in [0.3, 0.4) is 0 Å². The van der Waals surface area contributed by atoms with Gasteiger partial charge in [-0.1, -0.05) is 0 Å². The van der Waals surface area contributed by atoms with Gasteiger partial charge in [-0.3, -0.25) is 9.69 Å². The van der Waals surface area contributed by atoms with Gasteiger partial charge in [0, 0.05) is 25.4 Å². The summed E-state index contributed by atoms with van der Waals surface area (Å²) in [6, 6.07) is -0.0928. The highest BCUT2D eigenvalue weighted by molar-refractivity contribution is 5.78. The van der Waals surface area contributed by atoms with E-state index in [1.165, 1.54) is 12.8 Å². The smallest absolute Gasteiger partial charge is 0.323 e. The van der Waals surface area contributed by atoms with E-state index in [1.807, 2.05) is 6.92 Å². The van der Waals surface area contributed by atoms with Crippen LogP contribution < -0.4 is 0 Å². The van der Waals surface area contributed by atoms with Gasteiger partial charge in [-0.05, 0) is 19.8 Å². The lowest BCUT2D eigenvalue weighted by Crippen LogP contribution is -2.43. The number of aromatic nitrogens is 3. The van der Waals surface area contributed by atoms with Crippen LogP contribution in [-0.2, 0) is 22.6 Å². The molecule has 4 rings (SSSR count). The second-order valence-corrected chi connectivity index (χ2v) is 5.87. The van der Waals surface area contributed by atoms with Crippen molar-refractivity contribution in [2.75, 3.05) is 6.54 Å². The predicted octanol–water partition coefficient (Wildman–Crippen LogP) is 0.675. The third-order valence-electron chi connectivity index (χ3n) is 4.34. The van der Waals surface area contributed by atoms with E-state index in [0.717, 1.165) is 31.2 Å². The zero-order valence-corrected chi connectivity index (χ0v) is 11.1. The average molecular weight is 262 g/mol. The van der Waals surface area contributed by atoms with Crippen molar-refractivity contribution in [3.8, 4) is 0 Å². The maximum Gasteiger partial charge on any atom is 0.323 e. The molecule has 1 saturated carbocycles. The van der Waals surface area contributed by atoms with E-state index in [9.17, 15) is 4.79 Å². The standard InChI is InChI=1S/C13H18N4O2/c1-8-6-10(13(18)19-8)16-4-5-17-11(7-16)14-15-12(17)9-2-3-9/h8-10H,2-7H2,1H3/t8-,10+/m0/s1. The van der Waals surface area contributed by atoms with E-state index in [2.05, 4.69) is 19.7 Å². The van der Waals surface area contributed by atoms with Gasteiger partial charge in [-0.2, -0.15) is 0 Å². The van der Waals surface area contributed by atoms with Gasteiger partial charge in [-0.25, -0.2) is 0 Å². The van der Waals surface area contributed by atoms with E-state index in [1.54, 1.807) is 0 Å². The normalized spacial score (nSPS) is 31.3. The van der Waals surface area contributed by atoms with Gasteiger partial charge < -0.3 is 9.30 Å². The number of ether oxygens (including phenoxy) is 1. The molecule has 1 aliphatic carbocycles. The third kappa shape index (κ3) is 1.85. The summed E-state index contributed by atoms with van der Waals surface area (Å²) in [6.45, 7) is 4.45. The van der Waals surface area contributed by atoms with Gasteiger partial charge in [0.05, 0.1) is 6.54 Å². The molecule has 0 N–H and O–H groups in total. The summed E-state index contributed by atoms with van der Waals surface area (Å²) >= 11 is 0. The maximum absolute atomic E-state index is 11.8. The van der Waals surface area contributed by atoms with Crippen molar-refractivity contribution in [2.24, 2.45) is 0 Å². The Morgan fingerprint density at radius 3 is 2.79 bits per heavy atom. The van der Waals surface area contributed by atoms with E-state index >= 15 is 0 Å². The maximum atomic E-state index is 11.8. The fraction of sp³-hybridized carbons (Fsp3) is 0.769. The molecule has 1 aromatic rings. The molecular weight excluding hydrogens is 244 g/mol. The lowest BCUT2D eigenvalue weighted by Gasteiger charge is -2.30. The second kappa shape index (κ2) is 4.03. The van der Waals surface area contributed by atoms with E-state index in [4.69, 9.17) is 4.74 Å². The van der Waals surface area contributed by atoms with Crippen LogP contribution in [0.2, 0.25) is 0 Å². The molecule has 6 nitrogen and oxygen atoms in total. The number of fused-ring (bicyclic) bond motifs is 1. The lowest BCUT2D eigenvalue weighted by atomic mass is 10.1. The first kappa shape index (κ1) is 11.4. The minimum Gasteiger partial charge on any atom is -0.461 e. The number of hydrogen-bond donors (Lipinski definition) is 0. The van der Waals surface area contributed by atoms with Gasteiger partial charge in [0.2, 0.25) is 0 Å². The molecule has 2 fully saturated rings. The third-order valence-corrected chi connectivity index (χ3v) is 4.34. The summed E-state index contributed by atoms with van der Waals surface area (Å²) in [7, 11) is 0. The van der Waals surface area contributed by atoms with Crippen molar-refractivity contribution in [2.45, 2.75) is 57.3 Å². The molecule has 6 heteroatoms. The van der Waals surface area contributed by atoms with Crippen molar-refractivity contribution >= 4 is 5.97 Å². The number of nitrogens with zero attached hydrogens (tertiary/aromatic N) is 4. The van der Waals surface area contributed by atoms with Crippen LogP contribution in [0.5, 0.6) is 0 Å². The van der Waals surface area contributed by atoms with Crippen LogP contribution in [0.15, 0.2) is 0 Å². The highest BCUT2D eigenvalue weighted by Crippen LogP contribution is 2.39. The molecule has 3 aliphatic rings. The zero-order chi connectivity index (χ0) is 13.0. The summed E-state index contributed by atoms with van der Waals surface area (Å²) in [5.74, 6) is 2.70. The summed E-state index contributed by atoms with van der Waals surface area (Å²) < 4.78 is 7.49. The molecule has 0 radical (unpaired) electrons. The molecule has 1 saturated heterocycles. The Hall–Kier alpha value is -1.43. The number of carbonyl (C=O) groups is 1. The summed E-state index contributed by atoms with van der Waals surface area (Å²) in [5, 5.41) is 8.63. The van der Waals surface area contributed by atoms with Gasteiger partial charge >= 0.3 is 5.97 Å². The molecule has 3 heterocycles.